The fourth-order valence-electron chi connectivity index (χ4n) is 2.48. The molecule has 0 aromatic heterocycles. The van der Waals surface area contributed by atoms with Gasteiger partial charge >= 0.3 is 0 Å². The number of nitrogens with one attached hydrogen (secondary N) is 1. The summed E-state index contributed by atoms with van der Waals surface area (Å²) >= 11 is 0. The normalized spacial score (nSPS) is 17.2. The number of rotatable bonds is 5. The highest BCUT2D eigenvalue weighted by atomic mass is 16.5. The van der Waals surface area contributed by atoms with E-state index in [2.05, 4.69) is 5.32 Å². The van der Waals surface area contributed by atoms with Gasteiger partial charge in [-0.3, -0.25) is 9.59 Å². The van der Waals surface area contributed by atoms with E-state index in [1.54, 1.807) is 4.90 Å². The smallest absolute Gasteiger partial charge is 0.265 e. The highest BCUT2D eigenvalue weighted by Crippen LogP contribution is 2.32. The quantitative estimate of drug-likeness (QED) is 0.898. The Bertz CT molecular complexity index is 567. The Morgan fingerprint density at radius 1 is 1.43 bits per heavy atom. The van der Waals surface area contributed by atoms with Crippen LogP contribution in [0.2, 0.25) is 0 Å². The predicted octanol–water partition coefficient (Wildman–Crippen LogP) is 1.78. The second-order valence-corrected chi connectivity index (χ2v) is 5.75. The molecule has 0 atom stereocenters. The standard InChI is InChI=1S/C16H20N2O3/c1-11-4-7-14-13(9-11)18(16(20)10-21-14)8-2-3-15(19)17-12-5-6-12/h4,7,9,12H,2-3,5-6,8,10H2,1H3,(H,17,19). The number of carbonyl (C=O) groups excluding carboxylic acids is 2. The fourth-order valence-corrected chi connectivity index (χ4v) is 2.48. The number of hydrogen-bond acceptors (Lipinski definition) is 3. The second-order valence-electron chi connectivity index (χ2n) is 5.75. The maximum atomic E-state index is 12.0. The number of anilines is 1. The van der Waals surface area contributed by atoms with E-state index in [1.165, 1.54) is 0 Å². The highest BCUT2D eigenvalue weighted by molar-refractivity contribution is 5.97. The average Bonchev–Trinajstić information content (AvgIpc) is 3.25. The van der Waals surface area contributed by atoms with E-state index in [1.807, 2.05) is 25.1 Å². The lowest BCUT2D eigenvalue weighted by Crippen LogP contribution is -2.39. The maximum Gasteiger partial charge on any atom is 0.265 e. The number of nitrogens with zero attached hydrogens (tertiary/aromatic N) is 1. The Balaban J connectivity index is 1.60. The van der Waals surface area contributed by atoms with Crippen LogP contribution < -0.4 is 15.0 Å². The van der Waals surface area contributed by atoms with Gasteiger partial charge in [0.2, 0.25) is 5.91 Å². The molecule has 1 aliphatic carbocycles. The Labute approximate surface area is 124 Å². The lowest BCUT2D eigenvalue weighted by Gasteiger charge is -2.29. The van der Waals surface area contributed by atoms with Crippen molar-refractivity contribution in [3.8, 4) is 5.75 Å². The minimum atomic E-state index is -0.0456. The zero-order valence-electron chi connectivity index (χ0n) is 12.2. The first-order chi connectivity index (χ1) is 10.1. The van der Waals surface area contributed by atoms with Crippen LogP contribution >= 0.6 is 0 Å². The summed E-state index contributed by atoms with van der Waals surface area (Å²) in [6.07, 6.45) is 3.32. The van der Waals surface area contributed by atoms with Crippen LogP contribution in [0.3, 0.4) is 0 Å². The molecule has 0 unspecified atom stereocenters. The molecule has 5 nitrogen and oxygen atoms in total. The molecule has 2 amide bonds. The van der Waals surface area contributed by atoms with Crippen molar-refractivity contribution in [2.24, 2.45) is 0 Å². The largest absolute Gasteiger partial charge is 0.482 e. The summed E-state index contributed by atoms with van der Waals surface area (Å²) in [5, 5.41) is 2.96. The van der Waals surface area contributed by atoms with Crippen molar-refractivity contribution < 1.29 is 14.3 Å². The average molecular weight is 288 g/mol. The number of amides is 2. The summed E-state index contributed by atoms with van der Waals surface area (Å²) < 4.78 is 5.44. The van der Waals surface area contributed by atoms with E-state index in [4.69, 9.17) is 4.74 Å². The summed E-state index contributed by atoms with van der Waals surface area (Å²) in [7, 11) is 0. The van der Waals surface area contributed by atoms with Crippen LogP contribution in [0.1, 0.15) is 31.2 Å². The number of hydrogen-bond donors (Lipinski definition) is 1. The third-order valence-electron chi connectivity index (χ3n) is 3.79. The molecule has 2 aliphatic rings. The number of fused-ring (bicyclic) bond motifs is 1. The van der Waals surface area contributed by atoms with Gasteiger partial charge in [-0.2, -0.15) is 0 Å². The Morgan fingerprint density at radius 2 is 2.24 bits per heavy atom. The predicted molar refractivity (Wildman–Crippen MR) is 79.4 cm³/mol. The van der Waals surface area contributed by atoms with Crippen LogP contribution in [0.4, 0.5) is 5.69 Å². The van der Waals surface area contributed by atoms with Crippen molar-refractivity contribution in [2.75, 3.05) is 18.1 Å². The van der Waals surface area contributed by atoms with Crippen LogP contribution in [0, 0.1) is 6.92 Å². The number of aryl methyl sites for hydroxylation is 1. The molecule has 0 spiro atoms. The molecule has 3 rings (SSSR count). The molecular formula is C16H20N2O3. The van der Waals surface area contributed by atoms with Crippen molar-refractivity contribution in [3.05, 3.63) is 23.8 Å². The van der Waals surface area contributed by atoms with Crippen molar-refractivity contribution in [1.82, 2.24) is 5.32 Å². The van der Waals surface area contributed by atoms with E-state index < -0.39 is 0 Å². The molecule has 0 saturated heterocycles. The first kappa shape index (κ1) is 13.9. The van der Waals surface area contributed by atoms with Gasteiger partial charge in [0.15, 0.2) is 6.61 Å². The molecule has 5 heteroatoms. The van der Waals surface area contributed by atoms with E-state index in [0.717, 1.165) is 29.8 Å². The van der Waals surface area contributed by atoms with Gasteiger partial charge in [0, 0.05) is 19.0 Å². The summed E-state index contributed by atoms with van der Waals surface area (Å²) in [5.74, 6) is 0.779. The molecule has 1 aliphatic heterocycles. The Hall–Kier alpha value is -2.04. The van der Waals surface area contributed by atoms with Crippen molar-refractivity contribution >= 4 is 17.5 Å². The Kier molecular flexibility index (Phi) is 3.82. The molecule has 1 aromatic carbocycles. The molecule has 1 N–H and O–H groups in total. The maximum absolute atomic E-state index is 12.0. The molecule has 1 saturated carbocycles. The first-order valence-corrected chi connectivity index (χ1v) is 7.46. The van der Waals surface area contributed by atoms with Gasteiger partial charge < -0.3 is 15.0 Å². The van der Waals surface area contributed by atoms with Gasteiger partial charge in [-0.1, -0.05) is 6.07 Å². The summed E-state index contributed by atoms with van der Waals surface area (Å²) in [4.78, 5) is 25.4. The van der Waals surface area contributed by atoms with Gasteiger partial charge in [-0.25, -0.2) is 0 Å². The van der Waals surface area contributed by atoms with Crippen molar-refractivity contribution in [2.45, 2.75) is 38.6 Å². The summed E-state index contributed by atoms with van der Waals surface area (Å²) in [6, 6.07) is 6.21. The lowest BCUT2D eigenvalue weighted by molar-refractivity contribution is -0.122. The minimum absolute atomic E-state index is 0.0456. The second kappa shape index (κ2) is 5.76. The van der Waals surface area contributed by atoms with Crippen molar-refractivity contribution in [1.29, 1.82) is 0 Å². The summed E-state index contributed by atoms with van der Waals surface area (Å²) in [5.41, 5.74) is 1.90. The molecular weight excluding hydrogens is 268 g/mol. The monoisotopic (exact) mass is 288 g/mol. The number of ether oxygens (including phenoxy) is 1. The molecule has 1 heterocycles. The van der Waals surface area contributed by atoms with E-state index in [0.29, 0.717) is 25.4 Å². The van der Waals surface area contributed by atoms with Crippen molar-refractivity contribution in [3.63, 3.8) is 0 Å². The van der Waals surface area contributed by atoms with E-state index in [-0.39, 0.29) is 18.4 Å². The van der Waals surface area contributed by atoms with Gasteiger partial charge in [-0.15, -0.1) is 0 Å². The summed E-state index contributed by atoms with van der Waals surface area (Å²) in [6.45, 7) is 2.61. The first-order valence-electron chi connectivity index (χ1n) is 7.46. The number of benzene rings is 1. The SMILES string of the molecule is Cc1ccc2c(c1)N(CCCC(=O)NC1CC1)C(=O)CO2. The third kappa shape index (κ3) is 3.35. The van der Waals surface area contributed by atoms with Crippen LogP contribution in [0.25, 0.3) is 0 Å². The molecule has 1 fully saturated rings. The number of carbonyl (C=O) groups is 2. The zero-order chi connectivity index (χ0) is 14.8. The van der Waals surface area contributed by atoms with E-state index in [9.17, 15) is 9.59 Å². The van der Waals surface area contributed by atoms with Crippen LogP contribution in [0.15, 0.2) is 18.2 Å². The van der Waals surface area contributed by atoms with Gasteiger partial charge in [-0.05, 0) is 43.9 Å². The fraction of sp³-hybridized carbons (Fsp3) is 0.500. The van der Waals surface area contributed by atoms with Crippen LogP contribution in [-0.2, 0) is 9.59 Å². The third-order valence-corrected chi connectivity index (χ3v) is 3.79. The van der Waals surface area contributed by atoms with Crippen LogP contribution in [-0.4, -0.2) is 31.0 Å². The lowest BCUT2D eigenvalue weighted by atomic mass is 10.1. The minimum Gasteiger partial charge on any atom is -0.482 e. The van der Waals surface area contributed by atoms with Gasteiger partial charge in [0.25, 0.3) is 5.91 Å². The molecule has 112 valence electrons. The molecule has 0 bridgehead atoms. The molecule has 0 radical (unpaired) electrons. The van der Waals surface area contributed by atoms with Gasteiger partial charge in [0.1, 0.15) is 5.75 Å². The topological polar surface area (TPSA) is 58.6 Å². The highest BCUT2D eigenvalue weighted by Gasteiger charge is 2.26. The molecule has 1 aromatic rings. The Morgan fingerprint density at radius 3 is 3.00 bits per heavy atom. The van der Waals surface area contributed by atoms with Gasteiger partial charge in [0.05, 0.1) is 5.69 Å². The van der Waals surface area contributed by atoms with E-state index >= 15 is 0 Å². The zero-order valence-corrected chi connectivity index (χ0v) is 12.2. The van der Waals surface area contributed by atoms with Crippen LogP contribution in [0.5, 0.6) is 5.75 Å². The molecule has 21 heavy (non-hydrogen) atoms.